The lowest BCUT2D eigenvalue weighted by Crippen LogP contribution is -2.17. The van der Waals surface area contributed by atoms with E-state index in [0.717, 1.165) is 0 Å². The molecule has 0 fully saturated rings. The maximum Gasteiger partial charge on any atom is 0.416 e. The largest absolute Gasteiger partial charge is 0.416 e. The van der Waals surface area contributed by atoms with E-state index < -0.39 is 38.4 Å². The first-order valence-corrected chi connectivity index (χ1v) is 9.71. The lowest BCUT2D eigenvalue weighted by Gasteiger charge is -2.15. The molecule has 1 heterocycles. The second kappa shape index (κ2) is 6.99. The van der Waals surface area contributed by atoms with E-state index >= 15 is 0 Å². The summed E-state index contributed by atoms with van der Waals surface area (Å²) in [5.41, 5.74) is -3.56. The predicted molar refractivity (Wildman–Crippen MR) is 95.6 cm³/mol. The quantitative estimate of drug-likeness (QED) is 0.435. The van der Waals surface area contributed by atoms with Crippen LogP contribution in [0.2, 0.25) is 10.0 Å². The van der Waals surface area contributed by atoms with Gasteiger partial charge in [-0.3, -0.25) is 4.72 Å². The number of halogens is 8. The zero-order chi connectivity index (χ0) is 21.8. The molecule has 0 radical (unpaired) electrons. The molecular weight excluding hydrogens is 469 g/mol. The van der Waals surface area contributed by atoms with Crippen molar-refractivity contribution >= 4 is 49.8 Å². The van der Waals surface area contributed by atoms with Crippen molar-refractivity contribution in [2.75, 3.05) is 4.72 Å². The molecule has 4 nitrogen and oxygen atoms in total. The molecule has 156 valence electrons. The van der Waals surface area contributed by atoms with Crippen LogP contribution < -0.4 is 4.72 Å². The molecule has 0 aliphatic carbocycles. The molecule has 0 aliphatic rings. The Morgan fingerprint density at radius 1 is 0.862 bits per heavy atom. The fraction of sp³-hybridized carbons (Fsp3) is 0.125. The van der Waals surface area contributed by atoms with E-state index in [1.807, 2.05) is 4.72 Å². The number of sulfonamides is 1. The Kier molecular flexibility index (Phi) is 5.21. The number of aromatic nitrogens is 1. The molecule has 2 N–H and O–H groups in total. The van der Waals surface area contributed by atoms with E-state index in [1.54, 1.807) is 0 Å². The van der Waals surface area contributed by atoms with Gasteiger partial charge in [0.1, 0.15) is 0 Å². The third-order valence-electron chi connectivity index (χ3n) is 3.85. The minimum Gasteiger partial charge on any atom is -0.358 e. The highest BCUT2D eigenvalue weighted by atomic mass is 35.5. The topological polar surface area (TPSA) is 62.0 Å². The zero-order valence-electron chi connectivity index (χ0n) is 13.7. The molecule has 3 aromatic rings. The summed E-state index contributed by atoms with van der Waals surface area (Å²) in [4.78, 5) is 1.43. The van der Waals surface area contributed by atoms with Crippen LogP contribution in [0.3, 0.4) is 0 Å². The molecule has 29 heavy (non-hydrogen) atoms. The predicted octanol–water partition coefficient (Wildman–Crippen LogP) is 6.31. The van der Waals surface area contributed by atoms with E-state index in [2.05, 4.69) is 4.98 Å². The van der Waals surface area contributed by atoms with Gasteiger partial charge in [0.2, 0.25) is 0 Å². The van der Waals surface area contributed by atoms with E-state index in [9.17, 15) is 34.8 Å². The molecule has 0 bridgehead atoms. The first-order valence-electron chi connectivity index (χ1n) is 7.47. The molecule has 0 aliphatic heterocycles. The van der Waals surface area contributed by atoms with Crippen molar-refractivity contribution in [2.24, 2.45) is 0 Å². The smallest absolute Gasteiger partial charge is 0.358 e. The molecule has 0 amide bonds. The number of alkyl halides is 6. The number of benzene rings is 2. The zero-order valence-corrected chi connectivity index (χ0v) is 16.0. The number of fused-ring (bicyclic) bond motifs is 1. The number of H-pyrrole nitrogens is 1. The fourth-order valence-electron chi connectivity index (χ4n) is 2.54. The van der Waals surface area contributed by atoms with Crippen molar-refractivity contribution in [1.29, 1.82) is 0 Å². The molecule has 0 unspecified atom stereocenters. The number of rotatable bonds is 3. The van der Waals surface area contributed by atoms with E-state index in [-0.39, 0.29) is 44.8 Å². The summed E-state index contributed by atoms with van der Waals surface area (Å²) in [6.07, 6.45) is -9.08. The van der Waals surface area contributed by atoms with Gasteiger partial charge in [0.25, 0.3) is 10.0 Å². The van der Waals surface area contributed by atoms with Gasteiger partial charge in [0.05, 0.1) is 37.3 Å². The highest BCUT2D eigenvalue weighted by Gasteiger charge is 2.38. The molecule has 0 saturated carbocycles. The van der Waals surface area contributed by atoms with Crippen LogP contribution in [0.15, 0.2) is 41.4 Å². The van der Waals surface area contributed by atoms with Gasteiger partial charge in [-0.2, -0.15) is 26.3 Å². The Balaban J connectivity index is 2.14. The summed E-state index contributed by atoms with van der Waals surface area (Å²) in [6, 6.07) is 2.53. The van der Waals surface area contributed by atoms with Crippen LogP contribution in [0.25, 0.3) is 10.9 Å². The van der Waals surface area contributed by atoms with Gasteiger partial charge >= 0.3 is 12.4 Å². The molecular formula is C16H8Cl2F6N2O2S. The fourth-order valence-corrected chi connectivity index (χ4v) is 4.24. The van der Waals surface area contributed by atoms with Crippen LogP contribution in [0.5, 0.6) is 0 Å². The number of aromatic amines is 1. The normalized spacial score (nSPS) is 13.1. The Hall–Kier alpha value is -2.11. The van der Waals surface area contributed by atoms with E-state index in [1.165, 1.54) is 18.3 Å². The first-order chi connectivity index (χ1) is 13.2. The first kappa shape index (κ1) is 21.6. The summed E-state index contributed by atoms with van der Waals surface area (Å²) >= 11 is 11.9. The van der Waals surface area contributed by atoms with Crippen LogP contribution in [0.4, 0.5) is 32.0 Å². The Morgan fingerprint density at radius 3 is 1.93 bits per heavy atom. The van der Waals surface area contributed by atoms with E-state index in [4.69, 9.17) is 23.2 Å². The van der Waals surface area contributed by atoms with Crippen LogP contribution in [-0.4, -0.2) is 13.4 Å². The average molecular weight is 477 g/mol. The molecule has 0 spiro atoms. The summed E-state index contributed by atoms with van der Waals surface area (Å²) in [6.45, 7) is 0. The molecule has 0 atom stereocenters. The summed E-state index contributed by atoms with van der Waals surface area (Å²) in [5, 5.41) is 0.533. The van der Waals surface area contributed by atoms with Gasteiger partial charge in [-0.1, -0.05) is 23.2 Å². The molecule has 1 aromatic heterocycles. The molecule has 13 heteroatoms. The summed E-state index contributed by atoms with van der Waals surface area (Å²) < 4.78 is 105. The SMILES string of the molecule is O=S(=O)(Nc1ccc(Cl)c2c(Cl)c[nH]c12)c1cc(C(F)(F)F)cc(C(F)(F)F)c1. The minimum atomic E-state index is -5.19. The van der Waals surface area contributed by atoms with Gasteiger partial charge < -0.3 is 4.98 Å². The number of hydrogen-bond acceptors (Lipinski definition) is 2. The maximum absolute atomic E-state index is 13.0. The van der Waals surface area contributed by atoms with Gasteiger partial charge in [0.15, 0.2) is 0 Å². The molecule has 2 aromatic carbocycles. The van der Waals surface area contributed by atoms with E-state index in [0.29, 0.717) is 0 Å². The Morgan fingerprint density at radius 2 is 1.41 bits per heavy atom. The van der Waals surface area contributed by atoms with Crippen LogP contribution >= 0.6 is 23.2 Å². The monoisotopic (exact) mass is 476 g/mol. The van der Waals surface area contributed by atoms with Crippen molar-refractivity contribution < 1.29 is 34.8 Å². The van der Waals surface area contributed by atoms with Crippen molar-refractivity contribution in [3.05, 3.63) is 57.7 Å². The number of nitrogens with one attached hydrogen (secondary N) is 2. The Labute approximate surface area is 169 Å². The number of hydrogen-bond donors (Lipinski definition) is 2. The van der Waals surface area contributed by atoms with Gasteiger partial charge in [-0.15, -0.1) is 0 Å². The minimum absolute atomic E-state index is 0.106. The lowest BCUT2D eigenvalue weighted by molar-refractivity contribution is -0.143. The average Bonchev–Trinajstić information content (AvgIpc) is 2.98. The van der Waals surface area contributed by atoms with Gasteiger partial charge in [0, 0.05) is 11.6 Å². The molecule has 0 saturated heterocycles. The molecule has 3 rings (SSSR count). The second-order valence-electron chi connectivity index (χ2n) is 5.83. The van der Waals surface area contributed by atoms with Gasteiger partial charge in [-0.05, 0) is 30.3 Å². The van der Waals surface area contributed by atoms with Crippen LogP contribution in [-0.2, 0) is 22.4 Å². The summed E-state index contributed by atoms with van der Waals surface area (Å²) in [7, 11) is -4.83. The highest BCUT2D eigenvalue weighted by Crippen LogP contribution is 2.39. The third kappa shape index (κ3) is 4.26. The Bertz CT molecular complexity index is 1170. The standard InChI is InChI=1S/C16H8Cl2F6N2O2S/c17-10-1-2-12(14-13(10)11(18)6-25-14)26-29(27,28)9-4-7(15(19,20)21)3-8(5-9)16(22,23)24/h1-6,25-26H. The van der Waals surface area contributed by atoms with Crippen molar-refractivity contribution in [1.82, 2.24) is 4.98 Å². The van der Waals surface area contributed by atoms with Crippen LogP contribution in [0.1, 0.15) is 11.1 Å². The number of anilines is 1. The summed E-state index contributed by atoms with van der Waals surface area (Å²) in [5.74, 6) is 0. The van der Waals surface area contributed by atoms with Crippen molar-refractivity contribution in [3.63, 3.8) is 0 Å². The lowest BCUT2D eigenvalue weighted by atomic mass is 10.1. The maximum atomic E-state index is 13.0. The van der Waals surface area contributed by atoms with Gasteiger partial charge in [-0.25, -0.2) is 8.42 Å². The highest BCUT2D eigenvalue weighted by molar-refractivity contribution is 7.92. The second-order valence-corrected chi connectivity index (χ2v) is 8.33. The van der Waals surface area contributed by atoms with Crippen LogP contribution in [0, 0.1) is 0 Å². The van der Waals surface area contributed by atoms with Crippen molar-refractivity contribution in [3.8, 4) is 0 Å². The van der Waals surface area contributed by atoms with Crippen molar-refractivity contribution in [2.45, 2.75) is 17.2 Å². The third-order valence-corrected chi connectivity index (χ3v) is 5.81.